The maximum Gasteiger partial charge on any atom is 0.246 e. The van der Waals surface area contributed by atoms with Crippen molar-refractivity contribution >= 4 is 34.2 Å². The summed E-state index contributed by atoms with van der Waals surface area (Å²) in [4.78, 5) is 42.6. The molecule has 1 aliphatic carbocycles. The number of aromatic nitrogens is 1. The van der Waals surface area contributed by atoms with Crippen LogP contribution in [0.3, 0.4) is 0 Å². The van der Waals surface area contributed by atoms with Crippen molar-refractivity contribution in [2.24, 2.45) is 11.8 Å². The number of rotatable bonds is 3. The Morgan fingerprint density at radius 3 is 2.48 bits per heavy atom. The number of likely N-dealkylation sites (tertiary alicyclic amines) is 1. The zero-order valence-electron chi connectivity index (χ0n) is 11.8. The summed E-state index contributed by atoms with van der Waals surface area (Å²) in [7, 11) is 0. The van der Waals surface area contributed by atoms with E-state index in [9.17, 15) is 14.4 Å². The highest BCUT2D eigenvalue weighted by Gasteiger charge is 2.48. The highest BCUT2D eigenvalue weighted by atomic mass is 32.1. The molecule has 21 heavy (non-hydrogen) atoms. The van der Waals surface area contributed by atoms with E-state index in [4.69, 9.17) is 0 Å². The van der Waals surface area contributed by atoms with Crippen LogP contribution in [0.15, 0.2) is 6.20 Å². The molecule has 6 nitrogen and oxygen atoms in total. The molecule has 0 bridgehead atoms. The van der Waals surface area contributed by atoms with Crippen LogP contribution in [-0.4, -0.2) is 34.2 Å². The second-order valence-electron chi connectivity index (χ2n) is 5.58. The molecule has 2 aliphatic rings. The van der Waals surface area contributed by atoms with Crippen LogP contribution in [0.5, 0.6) is 0 Å². The lowest BCUT2D eigenvalue weighted by Gasteiger charge is -2.19. The number of fused-ring (bicyclic) bond motifs is 1. The Kier molecular flexibility index (Phi) is 3.75. The topological polar surface area (TPSA) is 79.4 Å². The lowest BCUT2D eigenvalue weighted by molar-refractivity contribution is -0.142. The van der Waals surface area contributed by atoms with Crippen molar-refractivity contribution in [3.8, 4) is 0 Å². The van der Waals surface area contributed by atoms with Crippen molar-refractivity contribution in [3.05, 3.63) is 11.1 Å². The van der Waals surface area contributed by atoms with Crippen molar-refractivity contribution in [2.45, 2.75) is 32.6 Å². The van der Waals surface area contributed by atoms with E-state index in [0.717, 1.165) is 35.5 Å². The lowest BCUT2D eigenvalue weighted by atomic mass is 9.81. The summed E-state index contributed by atoms with van der Waals surface area (Å²) in [6, 6.07) is 0. The van der Waals surface area contributed by atoms with Gasteiger partial charge in [-0.15, -0.1) is 11.3 Å². The molecule has 0 aromatic carbocycles. The number of nitrogens with zero attached hydrogens (tertiary/aromatic N) is 2. The molecule has 7 heteroatoms. The molecule has 1 saturated heterocycles. The molecular weight excluding hydrogens is 290 g/mol. The van der Waals surface area contributed by atoms with E-state index in [1.165, 1.54) is 11.3 Å². The Balaban J connectivity index is 1.65. The van der Waals surface area contributed by atoms with Crippen LogP contribution in [0.25, 0.3) is 0 Å². The van der Waals surface area contributed by atoms with Crippen molar-refractivity contribution in [1.29, 1.82) is 0 Å². The number of hydrogen-bond acceptors (Lipinski definition) is 5. The van der Waals surface area contributed by atoms with E-state index in [-0.39, 0.29) is 36.1 Å². The summed E-state index contributed by atoms with van der Waals surface area (Å²) in [5, 5.41) is 3.13. The van der Waals surface area contributed by atoms with Crippen LogP contribution in [-0.2, 0) is 14.4 Å². The van der Waals surface area contributed by atoms with Crippen molar-refractivity contribution in [1.82, 2.24) is 9.88 Å². The van der Waals surface area contributed by atoms with E-state index in [1.54, 1.807) is 6.20 Å². The third-order valence-electron chi connectivity index (χ3n) is 4.10. The van der Waals surface area contributed by atoms with E-state index in [1.807, 2.05) is 6.92 Å². The second kappa shape index (κ2) is 5.55. The first-order valence-electron chi connectivity index (χ1n) is 7.14. The normalized spacial score (nSPS) is 25.1. The van der Waals surface area contributed by atoms with E-state index >= 15 is 0 Å². The first-order valence-corrected chi connectivity index (χ1v) is 7.95. The molecule has 2 heterocycles. The van der Waals surface area contributed by atoms with Gasteiger partial charge in [-0.1, -0.05) is 12.8 Å². The predicted octanol–water partition coefficient (Wildman–Crippen LogP) is 1.57. The van der Waals surface area contributed by atoms with Crippen LogP contribution in [0, 0.1) is 18.8 Å². The molecule has 1 aromatic rings. The fourth-order valence-electron chi connectivity index (χ4n) is 3.10. The third kappa shape index (κ3) is 2.70. The van der Waals surface area contributed by atoms with Crippen molar-refractivity contribution in [2.75, 3.05) is 11.9 Å². The number of aryl methyl sites for hydroxylation is 1. The average Bonchev–Trinajstić information content (AvgIpc) is 2.97. The minimum absolute atomic E-state index is 0.185. The summed E-state index contributed by atoms with van der Waals surface area (Å²) in [5.41, 5.74) is 0. The number of nitrogens with one attached hydrogen (secondary N) is 1. The van der Waals surface area contributed by atoms with Crippen LogP contribution >= 0.6 is 11.3 Å². The highest BCUT2D eigenvalue weighted by Crippen LogP contribution is 2.37. The molecule has 0 unspecified atom stereocenters. The predicted molar refractivity (Wildman–Crippen MR) is 77.6 cm³/mol. The molecule has 3 rings (SSSR count). The number of anilines is 1. The molecular formula is C14H17N3O3S. The Labute approximate surface area is 126 Å². The molecule has 1 aliphatic heterocycles. The third-order valence-corrected chi connectivity index (χ3v) is 4.93. The number of carbonyl (C=O) groups is 3. The maximum absolute atomic E-state index is 12.3. The molecule has 112 valence electrons. The summed E-state index contributed by atoms with van der Waals surface area (Å²) in [6.45, 7) is 1.69. The SMILES string of the molecule is Cc1cnc(NC(=O)CN2C(=O)[C@H]3CCCC[C@@H]3C2=O)s1. The second-order valence-corrected chi connectivity index (χ2v) is 6.82. The number of amides is 3. The van der Waals surface area contributed by atoms with Gasteiger partial charge in [0.25, 0.3) is 0 Å². The zero-order valence-corrected chi connectivity index (χ0v) is 12.6. The first-order chi connectivity index (χ1) is 10.1. The monoisotopic (exact) mass is 307 g/mol. The molecule has 2 fully saturated rings. The first kappa shape index (κ1) is 14.2. The van der Waals surface area contributed by atoms with Gasteiger partial charge >= 0.3 is 0 Å². The number of carbonyl (C=O) groups excluding carboxylic acids is 3. The van der Waals surface area contributed by atoms with Gasteiger partial charge in [0.15, 0.2) is 5.13 Å². The smallest absolute Gasteiger partial charge is 0.246 e. The molecule has 1 saturated carbocycles. The average molecular weight is 307 g/mol. The van der Waals surface area contributed by atoms with Gasteiger partial charge in [-0.2, -0.15) is 0 Å². The van der Waals surface area contributed by atoms with Gasteiger partial charge in [0.05, 0.1) is 11.8 Å². The Morgan fingerprint density at radius 1 is 1.33 bits per heavy atom. The minimum Gasteiger partial charge on any atom is -0.300 e. The quantitative estimate of drug-likeness (QED) is 0.860. The summed E-state index contributed by atoms with van der Waals surface area (Å²) >= 11 is 1.36. The van der Waals surface area contributed by atoms with Gasteiger partial charge in [0.2, 0.25) is 17.7 Å². The number of hydrogen-bond donors (Lipinski definition) is 1. The standard InChI is InChI=1S/C14H17N3O3S/c1-8-6-15-14(21-8)16-11(18)7-17-12(19)9-4-2-3-5-10(9)13(17)20/h6,9-10H,2-5,7H2,1H3,(H,15,16,18)/t9-,10-/m0/s1. The Bertz CT molecular complexity index is 574. The lowest BCUT2D eigenvalue weighted by Crippen LogP contribution is -2.38. The van der Waals surface area contributed by atoms with E-state index in [2.05, 4.69) is 10.3 Å². The van der Waals surface area contributed by atoms with Gasteiger partial charge in [-0.3, -0.25) is 19.3 Å². The summed E-state index contributed by atoms with van der Waals surface area (Å²) < 4.78 is 0. The summed E-state index contributed by atoms with van der Waals surface area (Å²) in [6.07, 6.45) is 5.16. The van der Waals surface area contributed by atoms with E-state index < -0.39 is 0 Å². The van der Waals surface area contributed by atoms with Gasteiger partial charge in [-0.25, -0.2) is 4.98 Å². The fourth-order valence-corrected chi connectivity index (χ4v) is 3.78. The molecule has 0 radical (unpaired) electrons. The van der Waals surface area contributed by atoms with Gasteiger partial charge in [-0.05, 0) is 19.8 Å². The number of thiazole rings is 1. The van der Waals surface area contributed by atoms with Crippen LogP contribution < -0.4 is 5.32 Å². The van der Waals surface area contributed by atoms with Gasteiger partial charge in [0, 0.05) is 11.1 Å². The number of imide groups is 1. The van der Waals surface area contributed by atoms with Crippen molar-refractivity contribution < 1.29 is 14.4 Å². The largest absolute Gasteiger partial charge is 0.300 e. The Hall–Kier alpha value is -1.76. The molecule has 1 N–H and O–H groups in total. The minimum atomic E-state index is -0.371. The molecule has 3 amide bonds. The maximum atomic E-state index is 12.3. The van der Waals surface area contributed by atoms with Crippen molar-refractivity contribution in [3.63, 3.8) is 0 Å². The van der Waals surface area contributed by atoms with Gasteiger partial charge in [0.1, 0.15) is 6.54 Å². The highest BCUT2D eigenvalue weighted by molar-refractivity contribution is 7.15. The fraction of sp³-hybridized carbons (Fsp3) is 0.571. The zero-order chi connectivity index (χ0) is 15.0. The van der Waals surface area contributed by atoms with Crippen LogP contribution in [0.4, 0.5) is 5.13 Å². The molecule has 1 aromatic heterocycles. The summed E-state index contributed by atoms with van der Waals surface area (Å²) in [5.74, 6) is -1.16. The van der Waals surface area contributed by atoms with Crippen LogP contribution in [0.2, 0.25) is 0 Å². The molecule has 2 atom stereocenters. The Morgan fingerprint density at radius 2 is 1.95 bits per heavy atom. The van der Waals surface area contributed by atoms with Gasteiger partial charge < -0.3 is 5.32 Å². The molecule has 0 spiro atoms. The van der Waals surface area contributed by atoms with E-state index in [0.29, 0.717) is 5.13 Å². The van der Waals surface area contributed by atoms with Crippen LogP contribution in [0.1, 0.15) is 30.6 Å².